The fourth-order valence-corrected chi connectivity index (χ4v) is 3.73. The summed E-state index contributed by atoms with van der Waals surface area (Å²) in [6.45, 7) is 1.44. The molecule has 1 aliphatic rings. The van der Waals surface area contributed by atoms with Gasteiger partial charge in [-0.2, -0.15) is 0 Å². The molecule has 0 saturated carbocycles. The first-order valence-corrected chi connectivity index (χ1v) is 8.66. The topological polar surface area (TPSA) is 26.3 Å². The van der Waals surface area contributed by atoms with Crippen LogP contribution < -0.4 is 0 Å². The molecule has 2 nitrogen and oxygen atoms in total. The highest BCUT2D eigenvalue weighted by Gasteiger charge is 2.26. The molecule has 0 unspecified atom stereocenters. The third-order valence-corrected chi connectivity index (χ3v) is 4.93. The molecule has 0 heterocycles. The lowest BCUT2D eigenvalue weighted by Crippen LogP contribution is -2.12. The molecular formula is C23H20O2. The van der Waals surface area contributed by atoms with Crippen molar-refractivity contribution < 1.29 is 9.53 Å². The second-order valence-electron chi connectivity index (χ2n) is 6.54. The predicted molar refractivity (Wildman–Crippen MR) is 101 cm³/mol. The first kappa shape index (κ1) is 15.6. The molecule has 25 heavy (non-hydrogen) atoms. The largest absolute Gasteiger partial charge is 0.434 e. The zero-order valence-electron chi connectivity index (χ0n) is 14.2. The highest BCUT2D eigenvalue weighted by atomic mass is 16.5. The van der Waals surface area contributed by atoms with Crippen LogP contribution in [0.4, 0.5) is 0 Å². The van der Waals surface area contributed by atoms with Crippen LogP contribution in [0.15, 0.2) is 73.0 Å². The maximum atomic E-state index is 11.3. The van der Waals surface area contributed by atoms with Crippen molar-refractivity contribution in [3.63, 3.8) is 0 Å². The molecule has 0 fully saturated rings. The third-order valence-electron chi connectivity index (χ3n) is 4.93. The summed E-state index contributed by atoms with van der Waals surface area (Å²) in [5.74, 6) is -0.0494. The van der Waals surface area contributed by atoms with E-state index in [0.29, 0.717) is 0 Å². The number of carbonyl (C=O) groups excluding carboxylic acids is 1. The summed E-state index contributed by atoms with van der Waals surface area (Å²) >= 11 is 0. The van der Waals surface area contributed by atoms with Crippen LogP contribution in [0.1, 0.15) is 36.0 Å². The van der Waals surface area contributed by atoms with Gasteiger partial charge in [0.1, 0.15) is 0 Å². The van der Waals surface area contributed by atoms with Crippen molar-refractivity contribution >= 4 is 22.3 Å². The van der Waals surface area contributed by atoms with E-state index in [0.717, 1.165) is 18.4 Å². The van der Waals surface area contributed by atoms with Gasteiger partial charge in [0, 0.05) is 18.4 Å². The smallest absolute Gasteiger partial charge is 0.307 e. The first-order valence-electron chi connectivity index (χ1n) is 8.66. The van der Waals surface area contributed by atoms with Gasteiger partial charge in [0.2, 0.25) is 0 Å². The van der Waals surface area contributed by atoms with Crippen molar-refractivity contribution in [2.24, 2.45) is 0 Å². The van der Waals surface area contributed by atoms with Gasteiger partial charge in [0.25, 0.3) is 0 Å². The van der Waals surface area contributed by atoms with E-state index in [4.69, 9.17) is 4.74 Å². The van der Waals surface area contributed by atoms with Gasteiger partial charge in [-0.05, 0) is 40.3 Å². The lowest BCUT2D eigenvalue weighted by Gasteiger charge is -2.28. The summed E-state index contributed by atoms with van der Waals surface area (Å²) < 4.78 is 5.28. The molecule has 0 aromatic heterocycles. The Morgan fingerprint density at radius 2 is 1.76 bits per heavy atom. The summed E-state index contributed by atoms with van der Waals surface area (Å²) in [4.78, 5) is 11.3. The van der Waals surface area contributed by atoms with Gasteiger partial charge in [-0.3, -0.25) is 4.79 Å². The highest BCUT2D eigenvalue weighted by Crippen LogP contribution is 2.42. The highest BCUT2D eigenvalue weighted by molar-refractivity contribution is 5.85. The maximum absolute atomic E-state index is 11.3. The van der Waals surface area contributed by atoms with E-state index in [1.54, 1.807) is 6.26 Å². The van der Waals surface area contributed by atoms with Gasteiger partial charge < -0.3 is 4.74 Å². The Morgan fingerprint density at radius 1 is 1.00 bits per heavy atom. The molecule has 1 aliphatic carbocycles. The minimum atomic E-state index is -0.284. The van der Waals surface area contributed by atoms with E-state index in [9.17, 15) is 4.79 Å². The zero-order valence-corrected chi connectivity index (χ0v) is 14.2. The normalized spacial score (nSPS) is 18.1. The lowest BCUT2D eigenvalue weighted by molar-refractivity contribution is -0.135. The fourth-order valence-electron chi connectivity index (χ4n) is 3.73. The molecular weight excluding hydrogens is 308 g/mol. The minimum absolute atomic E-state index is 0.235. The van der Waals surface area contributed by atoms with Crippen LogP contribution in [-0.2, 0) is 16.0 Å². The van der Waals surface area contributed by atoms with Crippen LogP contribution in [0.5, 0.6) is 0 Å². The van der Waals surface area contributed by atoms with Crippen LogP contribution in [0, 0.1) is 0 Å². The molecule has 0 amide bonds. The van der Waals surface area contributed by atoms with E-state index in [1.807, 2.05) is 6.07 Å². The molecule has 0 bridgehead atoms. The van der Waals surface area contributed by atoms with Gasteiger partial charge in [0.05, 0.1) is 6.26 Å². The average Bonchev–Trinajstić information content (AvgIpc) is 2.65. The molecule has 2 heteroatoms. The molecule has 1 atom stereocenters. The molecule has 0 saturated heterocycles. The van der Waals surface area contributed by atoms with Gasteiger partial charge in [-0.15, -0.1) is 0 Å². The fraction of sp³-hybridized carbons (Fsp3) is 0.174. The number of benzene rings is 3. The number of allylic oxidation sites excluding steroid dienone is 1. The van der Waals surface area contributed by atoms with Crippen molar-refractivity contribution in [3.8, 4) is 0 Å². The molecule has 124 valence electrons. The SMILES string of the molecule is CC(=O)O/C=C1/c2ccccc2CC[C@H]1c1ccc2ccccc2c1. The maximum Gasteiger partial charge on any atom is 0.307 e. The first-order chi connectivity index (χ1) is 12.2. The molecule has 3 aromatic carbocycles. The Morgan fingerprint density at radius 3 is 2.60 bits per heavy atom. The standard InChI is InChI=1S/C23H20O2/c1-16(24)25-15-23-21-9-5-4-7-18(21)12-13-22(23)20-11-10-17-6-2-3-8-19(17)14-20/h2-11,14-15,22H,12-13H2,1H3/b23-15-/t22-/m0/s1. The van der Waals surface area contributed by atoms with Gasteiger partial charge in [-0.1, -0.05) is 66.7 Å². The van der Waals surface area contributed by atoms with Crippen LogP contribution in [0.2, 0.25) is 0 Å². The van der Waals surface area contributed by atoms with Crippen LogP contribution >= 0.6 is 0 Å². The summed E-state index contributed by atoms with van der Waals surface area (Å²) in [7, 11) is 0. The number of ether oxygens (including phenoxy) is 1. The van der Waals surface area contributed by atoms with Crippen LogP contribution in [0.3, 0.4) is 0 Å². The monoisotopic (exact) mass is 328 g/mol. The second-order valence-corrected chi connectivity index (χ2v) is 6.54. The van der Waals surface area contributed by atoms with Crippen LogP contribution in [0.25, 0.3) is 16.3 Å². The van der Waals surface area contributed by atoms with Gasteiger partial charge in [0.15, 0.2) is 0 Å². The summed E-state index contributed by atoms with van der Waals surface area (Å²) in [6, 6.07) is 23.4. The predicted octanol–water partition coefficient (Wildman–Crippen LogP) is 5.47. The average molecular weight is 328 g/mol. The number of fused-ring (bicyclic) bond motifs is 2. The minimum Gasteiger partial charge on any atom is -0.434 e. The number of aryl methyl sites for hydroxylation is 1. The van der Waals surface area contributed by atoms with Gasteiger partial charge >= 0.3 is 5.97 Å². The zero-order chi connectivity index (χ0) is 17.2. The molecule has 4 rings (SSSR count). The Bertz CT molecular complexity index is 968. The Hall–Kier alpha value is -2.87. The van der Waals surface area contributed by atoms with Gasteiger partial charge in [-0.25, -0.2) is 0 Å². The summed E-state index contributed by atoms with van der Waals surface area (Å²) in [6.07, 6.45) is 3.70. The number of hydrogen-bond acceptors (Lipinski definition) is 2. The van der Waals surface area contributed by atoms with E-state index in [1.165, 1.54) is 34.4 Å². The number of esters is 1. The van der Waals surface area contributed by atoms with Crippen molar-refractivity contribution in [1.29, 1.82) is 0 Å². The van der Waals surface area contributed by atoms with Crippen molar-refractivity contribution in [3.05, 3.63) is 89.7 Å². The Kier molecular flexibility index (Phi) is 4.10. The quantitative estimate of drug-likeness (QED) is 0.460. The number of rotatable bonds is 2. The molecule has 0 N–H and O–H groups in total. The third kappa shape index (κ3) is 3.08. The molecule has 0 spiro atoms. The molecule has 0 aliphatic heterocycles. The Labute approximate surface area is 147 Å². The number of carbonyl (C=O) groups is 1. The van der Waals surface area contributed by atoms with Crippen molar-refractivity contribution in [1.82, 2.24) is 0 Å². The van der Waals surface area contributed by atoms with E-state index in [-0.39, 0.29) is 11.9 Å². The van der Waals surface area contributed by atoms with E-state index >= 15 is 0 Å². The second kappa shape index (κ2) is 6.56. The summed E-state index contributed by atoms with van der Waals surface area (Å²) in [5, 5.41) is 2.48. The molecule has 3 aromatic rings. The van der Waals surface area contributed by atoms with E-state index in [2.05, 4.69) is 60.7 Å². The van der Waals surface area contributed by atoms with Crippen molar-refractivity contribution in [2.75, 3.05) is 0 Å². The lowest BCUT2D eigenvalue weighted by atomic mass is 9.76. The number of hydrogen-bond donors (Lipinski definition) is 0. The molecule has 0 radical (unpaired) electrons. The van der Waals surface area contributed by atoms with E-state index < -0.39 is 0 Å². The van der Waals surface area contributed by atoms with Crippen LogP contribution in [-0.4, -0.2) is 5.97 Å². The Balaban J connectivity index is 1.81. The summed E-state index contributed by atoms with van der Waals surface area (Å²) in [5.41, 5.74) is 4.87. The van der Waals surface area contributed by atoms with Crippen molar-refractivity contribution in [2.45, 2.75) is 25.7 Å².